The van der Waals surface area contributed by atoms with Gasteiger partial charge in [-0.2, -0.15) is 0 Å². The van der Waals surface area contributed by atoms with Gasteiger partial charge < -0.3 is 15.3 Å². The van der Waals surface area contributed by atoms with Gasteiger partial charge in [-0.1, -0.05) is 24.3 Å². The van der Waals surface area contributed by atoms with E-state index in [-0.39, 0.29) is 6.61 Å². The van der Waals surface area contributed by atoms with Crippen LogP contribution < -0.4 is 10.2 Å². The van der Waals surface area contributed by atoms with Crippen LogP contribution in [0.4, 0.5) is 11.4 Å². The van der Waals surface area contributed by atoms with Crippen molar-refractivity contribution in [2.75, 3.05) is 23.3 Å². The minimum atomic E-state index is 0.0955. The second-order valence-electron chi connectivity index (χ2n) is 5.57. The Morgan fingerprint density at radius 2 is 1.48 bits per heavy atom. The molecule has 0 saturated carbocycles. The first-order valence-electron chi connectivity index (χ1n) is 7.63. The van der Waals surface area contributed by atoms with E-state index in [0.717, 1.165) is 17.8 Å². The lowest BCUT2D eigenvalue weighted by atomic mass is 10.1. The van der Waals surface area contributed by atoms with Crippen LogP contribution in [0, 0.1) is 0 Å². The number of hydrogen-bond donors (Lipinski definition) is 2. The largest absolute Gasteiger partial charge is 0.392 e. The van der Waals surface area contributed by atoms with Crippen LogP contribution in [0.3, 0.4) is 0 Å². The van der Waals surface area contributed by atoms with Crippen LogP contribution in [0.25, 0.3) is 0 Å². The van der Waals surface area contributed by atoms with Gasteiger partial charge >= 0.3 is 0 Å². The summed E-state index contributed by atoms with van der Waals surface area (Å²) in [4.78, 5) is 2.45. The molecule has 110 valence electrons. The molecule has 0 amide bonds. The molecule has 3 heteroatoms. The van der Waals surface area contributed by atoms with Gasteiger partial charge in [-0.3, -0.25) is 0 Å². The number of aliphatic hydroxyl groups is 1. The van der Waals surface area contributed by atoms with Crippen molar-refractivity contribution in [2.45, 2.75) is 26.0 Å². The maximum absolute atomic E-state index is 9.03. The fourth-order valence-corrected chi connectivity index (χ4v) is 2.73. The SMILES string of the molecule is OCc1ccc(NCc2ccc(N3CCCC3)cc2)cc1. The molecule has 0 aliphatic carbocycles. The third kappa shape index (κ3) is 3.56. The maximum atomic E-state index is 9.03. The van der Waals surface area contributed by atoms with Crippen LogP contribution in [0.15, 0.2) is 48.5 Å². The van der Waals surface area contributed by atoms with Gasteiger partial charge in [0.05, 0.1) is 6.61 Å². The molecule has 1 heterocycles. The summed E-state index contributed by atoms with van der Waals surface area (Å²) in [6.45, 7) is 3.29. The van der Waals surface area contributed by atoms with Crippen molar-refractivity contribution < 1.29 is 5.11 Å². The van der Waals surface area contributed by atoms with Crippen molar-refractivity contribution in [1.82, 2.24) is 0 Å². The molecule has 0 atom stereocenters. The van der Waals surface area contributed by atoms with Gasteiger partial charge in [0, 0.05) is 31.0 Å². The van der Waals surface area contributed by atoms with Crippen LogP contribution in [0.1, 0.15) is 24.0 Å². The van der Waals surface area contributed by atoms with E-state index in [0.29, 0.717) is 0 Å². The maximum Gasteiger partial charge on any atom is 0.0681 e. The third-order valence-electron chi connectivity index (χ3n) is 4.04. The summed E-state index contributed by atoms with van der Waals surface area (Å²) < 4.78 is 0. The number of hydrogen-bond acceptors (Lipinski definition) is 3. The summed E-state index contributed by atoms with van der Waals surface area (Å²) in [7, 11) is 0. The lowest BCUT2D eigenvalue weighted by Gasteiger charge is -2.17. The van der Waals surface area contributed by atoms with Crippen LogP contribution in [0.5, 0.6) is 0 Å². The smallest absolute Gasteiger partial charge is 0.0681 e. The zero-order chi connectivity index (χ0) is 14.5. The van der Waals surface area contributed by atoms with Crippen molar-refractivity contribution >= 4 is 11.4 Å². The Labute approximate surface area is 126 Å². The molecule has 1 aliphatic rings. The highest BCUT2D eigenvalue weighted by atomic mass is 16.3. The first-order valence-corrected chi connectivity index (χ1v) is 7.63. The molecule has 2 aromatic carbocycles. The highest BCUT2D eigenvalue weighted by Crippen LogP contribution is 2.20. The van der Waals surface area contributed by atoms with Gasteiger partial charge in [0.1, 0.15) is 0 Å². The first kappa shape index (κ1) is 14.0. The number of anilines is 2. The van der Waals surface area contributed by atoms with E-state index in [2.05, 4.69) is 34.5 Å². The predicted octanol–water partition coefficient (Wildman–Crippen LogP) is 3.39. The summed E-state index contributed by atoms with van der Waals surface area (Å²) in [5.41, 5.74) is 4.64. The zero-order valence-electron chi connectivity index (χ0n) is 12.3. The quantitative estimate of drug-likeness (QED) is 0.882. The molecule has 1 fully saturated rings. The van der Waals surface area contributed by atoms with Gasteiger partial charge in [0.2, 0.25) is 0 Å². The molecule has 2 N–H and O–H groups in total. The number of nitrogens with one attached hydrogen (secondary N) is 1. The summed E-state index contributed by atoms with van der Waals surface area (Å²) in [5, 5.41) is 12.4. The van der Waals surface area contributed by atoms with Gasteiger partial charge in [0.15, 0.2) is 0 Å². The van der Waals surface area contributed by atoms with Crippen molar-refractivity contribution in [3.05, 3.63) is 59.7 Å². The van der Waals surface area contributed by atoms with Gasteiger partial charge in [0.25, 0.3) is 0 Å². The molecule has 2 aromatic rings. The molecule has 0 bridgehead atoms. The topological polar surface area (TPSA) is 35.5 Å². The molecule has 3 rings (SSSR count). The normalized spacial score (nSPS) is 14.4. The zero-order valence-corrected chi connectivity index (χ0v) is 12.3. The van der Waals surface area contributed by atoms with Gasteiger partial charge in [-0.05, 0) is 48.2 Å². The van der Waals surface area contributed by atoms with E-state index in [9.17, 15) is 0 Å². The molecule has 0 spiro atoms. The van der Waals surface area contributed by atoms with E-state index in [1.165, 1.54) is 37.2 Å². The molecule has 0 unspecified atom stereocenters. The first-order chi connectivity index (χ1) is 10.3. The molecule has 0 radical (unpaired) electrons. The minimum absolute atomic E-state index is 0.0955. The van der Waals surface area contributed by atoms with Crippen molar-refractivity contribution in [3.63, 3.8) is 0 Å². The van der Waals surface area contributed by atoms with E-state index in [1.54, 1.807) is 0 Å². The van der Waals surface area contributed by atoms with Crippen molar-refractivity contribution in [3.8, 4) is 0 Å². The molecule has 1 aliphatic heterocycles. The number of nitrogens with zero attached hydrogens (tertiary/aromatic N) is 1. The molecule has 1 saturated heterocycles. The number of rotatable bonds is 5. The van der Waals surface area contributed by atoms with Crippen LogP contribution >= 0.6 is 0 Å². The number of benzene rings is 2. The second kappa shape index (κ2) is 6.64. The summed E-state index contributed by atoms with van der Waals surface area (Å²) >= 11 is 0. The highest BCUT2D eigenvalue weighted by molar-refractivity contribution is 5.49. The van der Waals surface area contributed by atoms with E-state index >= 15 is 0 Å². The standard InChI is InChI=1S/C18H22N2O/c21-14-16-3-7-17(8-4-16)19-13-15-5-9-18(10-6-15)20-11-1-2-12-20/h3-10,19,21H,1-2,11-14H2. The lowest BCUT2D eigenvalue weighted by Crippen LogP contribution is -2.17. The molecular weight excluding hydrogens is 260 g/mol. The Morgan fingerprint density at radius 1 is 0.857 bits per heavy atom. The Balaban J connectivity index is 1.57. The van der Waals surface area contributed by atoms with Crippen LogP contribution in [-0.2, 0) is 13.2 Å². The number of aliphatic hydroxyl groups excluding tert-OH is 1. The second-order valence-corrected chi connectivity index (χ2v) is 5.57. The van der Waals surface area contributed by atoms with E-state index in [1.807, 2.05) is 24.3 Å². The Hall–Kier alpha value is -2.00. The molecular formula is C18H22N2O. The molecule has 3 nitrogen and oxygen atoms in total. The van der Waals surface area contributed by atoms with Crippen LogP contribution in [-0.4, -0.2) is 18.2 Å². The average molecular weight is 282 g/mol. The van der Waals surface area contributed by atoms with Crippen LogP contribution in [0.2, 0.25) is 0 Å². The summed E-state index contributed by atoms with van der Waals surface area (Å²) in [5.74, 6) is 0. The third-order valence-corrected chi connectivity index (χ3v) is 4.04. The Morgan fingerprint density at radius 3 is 2.10 bits per heavy atom. The van der Waals surface area contributed by atoms with E-state index in [4.69, 9.17) is 5.11 Å². The van der Waals surface area contributed by atoms with E-state index < -0.39 is 0 Å². The van der Waals surface area contributed by atoms with Gasteiger partial charge in [-0.15, -0.1) is 0 Å². The Bertz CT molecular complexity index is 557. The predicted molar refractivity (Wildman–Crippen MR) is 87.6 cm³/mol. The Kier molecular flexibility index (Phi) is 4.41. The fraction of sp³-hybridized carbons (Fsp3) is 0.333. The molecule has 0 aromatic heterocycles. The van der Waals surface area contributed by atoms with Gasteiger partial charge in [-0.25, -0.2) is 0 Å². The van der Waals surface area contributed by atoms with Crippen molar-refractivity contribution in [1.29, 1.82) is 0 Å². The minimum Gasteiger partial charge on any atom is -0.392 e. The molecule has 21 heavy (non-hydrogen) atoms. The summed E-state index contributed by atoms with van der Waals surface area (Å²) in [6.07, 6.45) is 2.63. The van der Waals surface area contributed by atoms with Crippen molar-refractivity contribution in [2.24, 2.45) is 0 Å². The summed E-state index contributed by atoms with van der Waals surface area (Å²) in [6, 6.07) is 16.7. The highest BCUT2D eigenvalue weighted by Gasteiger charge is 2.11. The average Bonchev–Trinajstić information content (AvgIpc) is 3.08. The monoisotopic (exact) mass is 282 g/mol. The fourth-order valence-electron chi connectivity index (χ4n) is 2.73. The lowest BCUT2D eigenvalue weighted by molar-refractivity contribution is 0.282.